The minimum absolute atomic E-state index is 0.836. The van der Waals surface area contributed by atoms with Gasteiger partial charge >= 0.3 is 0 Å². The van der Waals surface area contributed by atoms with E-state index in [-0.39, 0.29) is 0 Å². The molecule has 0 spiro atoms. The molecular weight excluding hydrogens is 1170 g/mol. The number of hydrogen-bond acceptors (Lipinski definition) is 4. The number of para-hydroxylation sites is 6. The average Bonchev–Trinajstić information content (AvgIpc) is 1.49. The number of aromatic nitrogens is 2. The number of anilines is 6. The molecule has 0 amide bonds. The Kier molecular flexibility index (Phi) is 11.1. The second-order valence-corrected chi connectivity index (χ2v) is 25.4. The van der Waals surface area contributed by atoms with Crippen LogP contribution in [0.5, 0.6) is 0 Å². The summed E-state index contributed by atoms with van der Waals surface area (Å²) in [6.07, 6.45) is 0. The van der Waals surface area contributed by atoms with Gasteiger partial charge in [-0.25, -0.2) is 0 Å². The van der Waals surface area contributed by atoms with E-state index >= 15 is 0 Å². The summed E-state index contributed by atoms with van der Waals surface area (Å²) in [4.78, 5) is 4.89. The van der Waals surface area contributed by atoms with Crippen LogP contribution in [0.2, 0.25) is 0 Å². The maximum atomic E-state index is 6.99. The second-order valence-electron chi connectivity index (χ2n) is 25.4. The lowest BCUT2D eigenvalue weighted by Crippen LogP contribution is -2.11. The first kappa shape index (κ1) is 52.7. The van der Waals surface area contributed by atoms with Crippen molar-refractivity contribution in [2.45, 2.75) is 0 Å². The predicted octanol–water partition coefficient (Wildman–Crippen LogP) is 25.4. The standard InChI is InChI=1S/C90H54N4O2/c1-5-25-55(26-6-1)59-33-17-35-61(53-59)91(75-49-21-39-65-63-37-13-15-51-77(63)95-89(65)75)71-45-23-47-73-81(71)67-41-19-43-69-83-80(58-31-11-4-12-32-58)88-84(79(57-29-9-3-10-30-57)87(83)93(73)85(67)69)70-44-20-42-68-82-72(46-24-48-74(82)94(88)86(68)70)92(62-36-18-34-60(54-62)56-27-7-2-8-28-56)76-50-22-40-66-64-38-14-16-52-78(64)96-90(66)76/h1-54H. The SMILES string of the molecule is c1ccc(-c2cccc(N(c3cccc4c3oc3ccccc34)c3cccc4c3c3cccc5c6c(-c7ccccc7)c7c(c(-c8ccccc8)c6n4c35)c3cccc4c5c(N(c6cccc(-c8ccccc8)c6)c6cccc8c6oc6ccccc68)cccc5n7c43)c2)cc1. The molecule has 0 aliphatic carbocycles. The summed E-state index contributed by atoms with van der Waals surface area (Å²) in [5.74, 6) is 0. The van der Waals surface area contributed by atoms with Crippen molar-refractivity contribution < 1.29 is 8.83 Å². The number of furan rings is 2. The maximum absolute atomic E-state index is 6.99. The third-order valence-electron chi connectivity index (χ3n) is 20.3. The van der Waals surface area contributed by atoms with Crippen molar-refractivity contribution in [2.24, 2.45) is 0 Å². The number of hydrogen-bond donors (Lipinski definition) is 0. The van der Waals surface area contributed by atoms with Crippen molar-refractivity contribution in [1.82, 2.24) is 8.80 Å². The fourth-order valence-electron chi connectivity index (χ4n) is 16.4. The minimum atomic E-state index is 0.836. The van der Waals surface area contributed by atoms with Gasteiger partial charge in [-0.2, -0.15) is 0 Å². The molecule has 0 unspecified atom stereocenters. The Morgan fingerprint density at radius 2 is 0.531 bits per heavy atom. The molecule has 6 heteroatoms. The first-order chi connectivity index (χ1) is 47.7. The van der Waals surface area contributed by atoms with E-state index in [0.717, 1.165) is 133 Å². The van der Waals surface area contributed by atoms with E-state index in [2.05, 4.69) is 346 Å². The van der Waals surface area contributed by atoms with Gasteiger partial charge < -0.3 is 27.4 Å². The van der Waals surface area contributed by atoms with Crippen molar-refractivity contribution in [1.29, 1.82) is 0 Å². The summed E-state index contributed by atoms with van der Waals surface area (Å²) in [6, 6.07) is 119. The molecule has 0 saturated heterocycles. The van der Waals surface area contributed by atoms with Gasteiger partial charge in [0, 0.05) is 87.1 Å². The zero-order valence-electron chi connectivity index (χ0n) is 51.8. The van der Waals surface area contributed by atoms with Crippen molar-refractivity contribution in [3.05, 3.63) is 328 Å². The van der Waals surface area contributed by atoms with Gasteiger partial charge in [-0.05, 0) is 106 Å². The molecule has 0 N–H and O–H groups in total. The fraction of sp³-hybridized carbons (Fsp3) is 0. The van der Waals surface area contributed by atoms with Crippen molar-refractivity contribution in [3.8, 4) is 44.5 Å². The monoisotopic (exact) mass is 1220 g/mol. The molecular formula is C90H54N4O2. The molecule has 0 fully saturated rings. The molecule has 0 atom stereocenters. The van der Waals surface area contributed by atoms with E-state index in [1.165, 1.54) is 65.5 Å². The number of benzene rings is 15. The van der Waals surface area contributed by atoms with Gasteiger partial charge in [0.1, 0.15) is 11.2 Å². The van der Waals surface area contributed by atoms with Crippen LogP contribution in [-0.2, 0) is 0 Å². The molecule has 6 aromatic heterocycles. The molecule has 21 aromatic rings. The number of rotatable bonds is 10. The van der Waals surface area contributed by atoms with Gasteiger partial charge in [-0.1, -0.05) is 255 Å². The Morgan fingerprint density at radius 3 is 0.958 bits per heavy atom. The molecule has 0 radical (unpaired) electrons. The van der Waals surface area contributed by atoms with Crippen LogP contribution in [0, 0.1) is 0 Å². The molecule has 15 aromatic carbocycles. The lowest BCUT2D eigenvalue weighted by molar-refractivity contribution is 0.669. The number of fused-ring (bicyclic) bond motifs is 18. The quantitative estimate of drug-likeness (QED) is 0.137. The Morgan fingerprint density at radius 1 is 0.219 bits per heavy atom. The lowest BCUT2D eigenvalue weighted by atomic mass is 9.89. The van der Waals surface area contributed by atoms with Gasteiger partial charge in [0.25, 0.3) is 0 Å². The molecule has 21 rings (SSSR count). The van der Waals surface area contributed by atoms with Crippen LogP contribution in [0.25, 0.3) is 165 Å². The van der Waals surface area contributed by atoms with Crippen LogP contribution in [0.4, 0.5) is 34.1 Å². The molecule has 0 aliphatic rings. The highest BCUT2D eigenvalue weighted by Crippen LogP contribution is 2.57. The van der Waals surface area contributed by atoms with Crippen LogP contribution >= 0.6 is 0 Å². The average molecular weight is 1220 g/mol. The van der Waals surface area contributed by atoms with Crippen LogP contribution in [0.3, 0.4) is 0 Å². The molecule has 96 heavy (non-hydrogen) atoms. The van der Waals surface area contributed by atoms with Gasteiger partial charge in [0.15, 0.2) is 11.2 Å². The first-order valence-electron chi connectivity index (χ1n) is 32.9. The molecule has 0 bridgehead atoms. The topological polar surface area (TPSA) is 41.6 Å². The fourth-order valence-corrected chi connectivity index (χ4v) is 16.4. The summed E-state index contributed by atoms with van der Waals surface area (Å²) < 4.78 is 19.2. The summed E-state index contributed by atoms with van der Waals surface area (Å²) in [6.45, 7) is 0. The Bertz CT molecular complexity index is 6290. The second kappa shape index (κ2) is 20.3. The molecule has 0 saturated carbocycles. The van der Waals surface area contributed by atoms with E-state index < -0.39 is 0 Å². The minimum Gasteiger partial charge on any atom is -0.454 e. The zero-order valence-corrected chi connectivity index (χ0v) is 51.8. The number of nitrogens with zero attached hydrogens (tertiary/aromatic N) is 4. The predicted molar refractivity (Wildman–Crippen MR) is 401 cm³/mol. The van der Waals surface area contributed by atoms with E-state index in [9.17, 15) is 0 Å². The van der Waals surface area contributed by atoms with Gasteiger partial charge in [-0.15, -0.1) is 0 Å². The third kappa shape index (κ3) is 7.40. The van der Waals surface area contributed by atoms with Crippen molar-refractivity contribution in [2.75, 3.05) is 9.80 Å². The summed E-state index contributed by atoms with van der Waals surface area (Å²) in [7, 11) is 0. The first-order valence-corrected chi connectivity index (χ1v) is 32.9. The lowest BCUT2D eigenvalue weighted by Gasteiger charge is -2.27. The van der Waals surface area contributed by atoms with E-state index in [1.54, 1.807) is 0 Å². The van der Waals surface area contributed by atoms with Crippen molar-refractivity contribution in [3.63, 3.8) is 0 Å². The highest BCUT2D eigenvalue weighted by molar-refractivity contribution is 6.39. The zero-order chi connectivity index (χ0) is 62.7. The molecule has 6 nitrogen and oxygen atoms in total. The normalized spacial score (nSPS) is 12.2. The summed E-state index contributed by atoms with van der Waals surface area (Å²) >= 11 is 0. The Balaban J connectivity index is 0.892. The highest BCUT2D eigenvalue weighted by Gasteiger charge is 2.34. The summed E-state index contributed by atoms with van der Waals surface area (Å²) in [5, 5.41) is 13.8. The van der Waals surface area contributed by atoms with Gasteiger partial charge in [0.05, 0.1) is 55.8 Å². The van der Waals surface area contributed by atoms with Gasteiger partial charge in [0.2, 0.25) is 0 Å². The molecule has 6 heterocycles. The van der Waals surface area contributed by atoms with Gasteiger partial charge in [-0.3, -0.25) is 0 Å². The molecule has 446 valence electrons. The summed E-state index contributed by atoms with van der Waals surface area (Å²) in [5.41, 5.74) is 25.7. The van der Waals surface area contributed by atoms with Crippen molar-refractivity contribution >= 4 is 154 Å². The Labute approximate surface area is 550 Å². The van der Waals surface area contributed by atoms with Crippen LogP contribution in [-0.4, -0.2) is 8.80 Å². The van der Waals surface area contributed by atoms with Crippen LogP contribution in [0.1, 0.15) is 0 Å². The largest absolute Gasteiger partial charge is 0.454 e. The Hall–Kier alpha value is -12.9. The van der Waals surface area contributed by atoms with Crippen LogP contribution in [0.15, 0.2) is 336 Å². The molecule has 0 aliphatic heterocycles. The highest BCUT2D eigenvalue weighted by atomic mass is 16.3. The van der Waals surface area contributed by atoms with E-state index in [0.29, 0.717) is 0 Å². The smallest absolute Gasteiger partial charge is 0.159 e. The van der Waals surface area contributed by atoms with Crippen LogP contribution < -0.4 is 9.80 Å². The van der Waals surface area contributed by atoms with E-state index in [1.807, 2.05) is 0 Å². The third-order valence-corrected chi connectivity index (χ3v) is 20.3. The van der Waals surface area contributed by atoms with E-state index in [4.69, 9.17) is 8.83 Å². The maximum Gasteiger partial charge on any atom is 0.159 e.